The first-order chi connectivity index (χ1) is 8.66. The van der Waals surface area contributed by atoms with Crippen LogP contribution in [0.15, 0.2) is 35.6 Å². The van der Waals surface area contributed by atoms with Crippen LogP contribution in [0.4, 0.5) is 0 Å². The van der Waals surface area contributed by atoms with E-state index in [1.165, 1.54) is 0 Å². The smallest absolute Gasteiger partial charge is 0.335 e. The highest BCUT2D eigenvalue weighted by atomic mass is 16.7. The lowest BCUT2D eigenvalue weighted by Crippen LogP contribution is -2.09. The Bertz CT molecular complexity index is 583. The maximum atomic E-state index is 11.4. The van der Waals surface area contributed by atoms with Crippen LogP contribution in [0.25, 0.3) is 10.9 Å². The number of hydrogen-bond donors (Lipinski definition) is 2. The van der Waals surface area contributed by atoms with Crippen LogP contribution in [-0.4, -0.2) is 16.8 Å². The summed E-state index contributed by atoms with van der Waals surface area (Å²) in [7, 11) is 0. The number of carbonyl (C=O) groups is 1. The van der Waals surface area contributed by atoms with Crippen molar-refractivity contribution in [3.8, 4) is 0 Å². The molecule has 0 aliphatic carbocycles. The number of nitrogens with two attached hydrogens (primary N) is 1. The number of hydrogen-bond acceptors (Lipinski definition) is 3. The van der Waals surface area contributed by atoms with Gasteiger partial charge in [0, 0.05) is 17.1 Å². The second kappa shape index (κ2) is 5.35. The number of fused-ring (bicyclic) bond motifs is 1. The zero-order chi connectivity index (χ0) is 13.0. The van der Waals surface area contributed by atoms with Gasteiger partial charge in [-0.15, -0.1) is 0 Å². The first-order valence-electron chi connectivity index (χ1n) is 5.71. The molecule has 0 saturated heterocycles. The molecule has 1 aromatic heterocycles. The Balaban J connectivity index is 1.98. The van der Waals surface area contributed by atoms with Crippen molar-refractivity contribution in [2.24, 2.45) is 10.9 Å². The van der Waals surface area contributed by atoms with E-state index in [9.17, 15) is 4.79 Å². The standard InChI is InChI=1S/C13H15N3O2/c1-9(14)16-18-13(17)7-6-10-8-15-12-5-3-2-4-11(10)12/h2-5,8,15H,6-7H2,1H3,(H2,14,16). The third kappa shape index (κ3) is 2.88. The lowest BCUT2D eigenvalue weighted by Gasteiger charge is -1.98. The molecule has 2 rings (SSSR count). The molecule has 0 aliphatic rings. The van der Waals surface area contributed by atoms with E-state index in [1.54, 1.807) is 6.92 Å². The van der Waals surface area contributed by atoms with Crippen molar-refractivity contribution in [3.63, 3.8) is 0 Å². The topological polar surface area (TPSA) is 80.5 Å². The van der Waals surface area contributed by atoms with Crippen LogP contribution in [0.1, 0.15) is 18.9 Å². The number of nitrogens with one attached hydrogen (secondary N) is 1. The Morgan fingerprint density at radius 3 is 3.00 bits per heavy atom. The fourth-order valence-electron chi connectivity index (χ4n) is 1.74. The van der Waals surface area contributed by atoms with Gasteiger partial charge in [-0.05, 0) is 25.0 Å². The molecule has 5 nitrogen and oxygen atoms in total. The maximum Gasteiger partial charge on any atom is 0.335 e. The van der Waals surface area contributed by atoms with Gasteiger partial charge in [-0.2, -0.15) is 0 Å². The van der Waals surface area contributed by atoms with Crippen LogP contribution in [0.3, 0.4) is 0 Å². The van der Waals surface area contributed by atoms with Gasteiger partial charge in [0.15, 0.2) is 0 Å². The number of rotatable bonds is 4. The largest absolute Gasteiger partial charge is 0.385 e. The Morgan fingerprint density at radius 2 is 2.22 bits per heavy atom. The molecule has 0 fully saturated rings. The summed E-state index contributed by atoms with van der Waals surface area (Å²) in [6, 6.07) is 7.96. The van der Waals surface area contributed by atoms with Gasteiger partial charge in [0.1, 0.15) is 5.84 Å². The fraction of sp³-hybridized carbons (Fsp3) is 0.231. The van der Waals surface area contributed by atoms with Crippen molar-refractivity contribution in [1.82, 2.24) is 4.98 Å². The summed E-state index contributed by atoms with van der Waals surface area (Å²) in [5.74, 6) is -0.152. The molecule has 2 aromatic rings. The first kappa shape index (κ1) is 12.2. The van der Waals surface area contributed by atoms with E-state index in [0.717, 1.165) is 16.5 Å². The van der Waals surface area contributed by atoms with Crippen LogP contribution in [0.2, 0.25) is 0 Å². The van der Waals surface area contributed by atoms with E-state index < -0.39 is 0 Å². The van der Waals surface area contributed by atoms with Gasteiger partial charge in [-0.25, -0.2) is 4.79 Å². The number of H-pyrrole nitrogens is 1. The Kier molecular flexibility index (Phi) is 3.62. The number of oxime groups is 1. The van der Waals surface area contributed by atoms with Crippen molar-refractivity contribution in [3.05, 3.63) is 36.0 Å². The Hall–Kier alpha value is -2.30. The van der Waals surface area contributed by atoms with E-state index in [0.29, 0.717) is 6.42 Å². The predicted octanol–water partition coefficient (Wildman–Crippen LogP) is 1.94. The summed E-state index contributed by atoms with van der Waals surface area (Å²) < 4.78 is 0. The number of aryl methyl sites for hydroxylation is 1. The van der Waals surface area contributed by atoms with E-state index in [2.05, 4.69) is 15.0 Å². The first-order valence-corrected chi connectivity index (χ1v) is 5.71. The molecule has 0 bridgehead atoms. The van der Waals surface area contributed by atoms with Crippen LogP contribution in [-0.2, 0) is 16.1 Å². The molecule has 0 saturated carbocycles. The van der Waals surface area contributed by atoms with Gasteiger partial charge in [-0.3, -0.25) is 0 Å². The van der Waals surface area contributed by atoms with Crippen molar-refractivity contribution < 1.29 is 9.63 Å². The second-order valence-corrected chi connectivity index (χ2v) is 4.06. The molecule has 0 spiro atoms. The summed E-state index contributed by atoms with van der Waals surface area (Å²) in [5, 5.41) is 4.55. The summed E-state index contributed by atoms with van der Waals surface area (Å²) in [5.41, 5.74) is 7.43. The molecule has 0 aliphatic heterocycles. The highest BCUT2D eigenvalue weighted by Gasteiger charge is 2.07. The maximum absolute atomic E-state index is 11.4. The molecule has 18 heavy (non-hydrogen) atoms. The minimum atomic E-state index is -0.384. The third-order valence-corrected chi connectivity index (χ3v) is 2.56. The van der Waals surface area contributed by atoms with Crippen LogP contribution in [0.5, 0.6) is 0 Å². The summed E-state index contributed by atoms with van der Waals surface area (Å²) in [6.45, 7) is 1.56. The summed E-state index contributed by atoms with van der Waals surface area (Å²) >= 11 is 0. The highest BCUT2D eigenvalue weighted by molar-refractivity contribution is 5.83. The Labute approximate surface area is 105 Å². The zero-order valence-electron chi connectivity index (χ0n) is 10.1. The molecule has 0 unspecified atom stereocenters. The van der Waals surface area contributed by atoms with Gasteiger partial charge < -0.3 is 15.6 Å². The van der Waals surface area contributed by atoms with Crippen LogP contribution >= 0.6 is 0 Å². The monoisotopic (exact) mass is 245 g/mol. The molecule has 0 amide bonds. The van der Waals surface area contributed by atoms with E-state index in [-0.39, 0.29) is 18.2 Å². The zero-order valence-corrected chi connectivity index (χ0v) is 10.1. The molecule has 5 heteroatoms. The van der Waals surface area contributed by atoms with Crippen molar-refractivity contribution >= 4 is 22.7 Å². The van der Waals surface area contributed by atoms with Crippen molar-refractivity contribution in [1.29, 1.82) is 0 Å². The number of aromatic amines is 1. The van der Waals surface area contributed by atoms with E-state index in [1.807, 2.05) is 30.5 Å². The average molecular weight is 245 g/mol. The molecular weight excluding hydrogens is 230 g/mol. The molecular formula is C13H15N3O2. The number of nitrogens with zero attached hydrogens (tertiary/aromatic N) is 1. The lowest BCUT2D eigenvalue weighted by atomic mass is 10.1. The predicted molar refractivity (Wildman–Crippen MR) is 70.0 cm³/mol. The number of amidine groups is 1. The van der Waals surface area contributed by atoms with Crippen molar-refractivity contribution in [2.45, 2.75) is 19.8 Å². The molecule has 0 atom stereocenters. The summed E-state index contributed by atoms with van der Waals surface area (Å²) in [4.78, 5) is 19.2. The van der Waals surface area contributed by atoms with Gasteiger partial charge >= 0.3 is 5.97 Å². The number of aromatic nitrogens is 1. The molecule has 1 heterocycles. The minimum Gasteiger partial charge on any atom is -0.385 e. The number of para-hydroxylation sites is 1. The quantitative estimate of drug-likeness (QED) is 0.374. The molecule has 3 N–H and O–H groups in total. The van der Waals surface area contributed by atoms with Gasteiger partial charge in [0.25, 0.3) is 0 Å². The third-order valence-electron chi connectivity index (χ3n) is 2.56. The molecule has 0 radical (unpaired) electrons. The number of carbonyl (C=O) groups excluding carboxylic acids is 1. The second-order valence-electron chi connectivity index (χ2n) is 4.06. The normalized spacial score (nSPS) is 11.7. The minimum absolute atomic E-state index is 0.232. The fourth-order valence-corrected chi connectivity index (χ4v) is 1.74. The van der Waals surface area contributed by atoms with E-state index >= 15 is 0 Å². The molecule has 1 aromatic carbocycles. The lowest BCUT2D eigenvalue weighted by molar-refractivity contribution is -0.143. The van der Waals surface area contributed by atoms with Crippen LogP contribution in [0, 0.1) is 0 Å². The van der Waals surface area contributed by atoms with Gasteiger partial charge in [0.05, 0.1) is 6.42 Å². The summed E-state index contributed by atoms with van der Waals surface area (Å²) in [6.07, 6.45) is 2.80. The van der Waals surface area contributed by atoms with Crippen molar-refractivity contribution in [2.75, 3.05) is 0 Å². The number of benzene rings is 1. The Morgan fingerprint density at radius 1 is 1.44 bits per heavy atom. The average Bonchev–Trinajstić information content (AvgIpc) is 2.77. The van der Waals surface area contributed by atoms with Crippen LogP contribution < -0.4 is 5.73 Å². The SMILES string of the molecule is CC(N)=NOC(=O)CCc1c[nH]c2ccccc12. The van der Waals surface area contributed by atoms with Gasteiger partial charge in [0.2, 0.25) is 0 Å². The molecule has 94 valence electrons. The highest BCUT2D eigenvalue weighted by Crippen LogP contribution is 2.18. The van der Waals surface area contributed by atoms with E-state index in [4.69, 9.17) is 5.73 Å². The van der Waals surface area contributed by atoms with Gasteiger partial charge in [-0.1, -0.05) is 23.4 Å².